The summed E-state index contributed by atoms with van der Waals surface area (Å²) in [6.07, 6.45) is 5.03. The van der Waals surface area contributed by atoms with E-state index in [2.05, 4.69) is 42.1 Å². The predicted molar refractivity (Wildman–Crippen MR) is 85.9 cm³/mol. The smallest absolute Gasteiger partial charge is 0.181 e. The second-order valence-electron chi connectivity index (χ2n) is 6.73. The Hall–Kier alpha value is -1.19. The second-order valence-corrected chi connectivity index (χ2v) is 6.73. The second kappa shape index (κ2) is 6.29. The molecule has 0 radical (unpaired) electrons. The first-order valence-corrected chi connectivity index (χ1v) is 8.18. The summed E-state index contributed by atoms with van der Waals surface area (Å²) >= 11 is 0. The van der Waals surface area contributed by atoms with Gasteiger partial charge in [-0.25, -0.2) is 0 Å². The predicted octanol–water partition coefficient (Wildman–Crippen LogP) is 2.77. The first-order valence-electron chi connectivity index (χ1n) is 8.18. The number of hydrogen-bond acceptors (Lipinski definition) is 3. The molecular formula is C18H26N2O. The Kier molecular flexibility index (Phi) is 4.41. The maximum Gasteiger partial charge on any atom is 0.181 e. The van der Waals surface area contributed by atoms with Crippen LogP contribution in [0.1, 0.15) is 47.5 Å². The molecule has 1 saturated carbocycles. The Bertz CT molecular complexity index is 510. The molecule has 21 heavy (non-hydrogen) atoms. The summed E-state index contributed by atoms with van der Waals surface area (Å²) in [6, 6.07) is 8.37. The van der Waals surface area contributed by atoms with Crippen molar-refractivity contribution in [2.75, 3.05) is 33.7 Å². The average Bonchev–Trinajstić information content (AvgIpc) is 2.58. The van der Waals surface area contributed by atoms with Crippen molar-refractivity contribution in [2.45, 2.75) is 37.6 Å². The zero-order valence-electron chi connectivity index (χ0n) is 13.2. The van der Waals surface area contributed by atoms with Crippen LogP contribution in [0.2, 0.25) is 0 Å². The summed E-state index contributed by atoms with van der Waals surface area (Å²) in [5, 5.41) is 0. The average molecular weight is 286 g/mol. The van der Waals surface area contributed by atoms with Crippen LogP contribution in [-0.4, -0.2) is 55.4 Å². The Morgan fingerprint density at radius 2 is 1.95 bits per heavy atom. The lowest BCUT2D eigenvalue weighted by Crippen LogP contribution is -2.43. The summed E-state index contributed by atoms with van der Waals surface area (Å²) in [7, 11) is 4.20. The lowest BCUT2D eigenvalue weighted by Gasteiger charge is -2.28. The van der Waals surface area contributed by atoms with E-state index in [1.807, 2.05) is 6.07 Å². The molecule has 1 aromatic carbocycles. The molecule has 1 aromatic rings. The zero-order valence-corrected chi connectivity index (χ0v) is 13.2. The minimum atomic E-state index is -0.00543. The maximum atomic E-state index is 12.9. The van der Waals surface area contributed by atoms with Crippen LogP contribution in [0.5, 0.6) is 0 Å². The number of ketones is 1. The van der Waals surface area contributed by atoms with Gasteiger partial charge in [-0.1, -0.05) is 24.6 Å². The molecule has 2 fully saturated rings. The summed E-state index contributed by atoms with van der Waals surface area (Å²) < 4.78 is 0. The quantitative estimate of drug-likeness (QED) is 0.798. The van der Waals surface area contributed by atoms with Crippen LogP contribution in [0.4, 0.5) is 0 Å². The molecule has 114 valence electrons. The van der Waals surface area contributed by atoms with Gasteiger partial charge in [-0.2, -0.15) is 0 Å². The summed E-state index contributed by atoms with van der Waals surface area (Å²) in [4.78, 5) is 17.4. The van der Waals surface area contributed by atoms with Crippen molar-refractivity contribution in [3.63, 3.8) is 0 Å². The minimum Gasteiger partial charge on any atom is -0.304 e. The summed E-state index contributed by atoms with van der Waals surface area (Å²) in [6.45, 7) is 2.92. The number of carbonyl (C=O) groups excluding carboxylic acids is 1. The van der Waals surface area contributed by atoms with Gasteiger partial charge in [-0.15, -0.1) is 0 Å². The number of rotatable bonds is 3. The van der Waals surface area contributed by atoms with E-state index >= 15 is 0 Å². The summed E-state index contributed by atoms with van der Waals surface area (Å²) in [5.74, 6) is 0.972. The first kappa shape index (κ1) is 14.7. The molecule has 0 aromatic heterocycles. The minimum absolute atomic E-state index is 0.00543. The van der Waals surface area contributed by atoms with E-state index in [9.17, 15) is 4.79 Å². The van der Waals surface area contributed by atoms with Gasteiger partial charge in [0.05, 0.1) is 6.04 Å². The highest BCUT2D eigenvalue weighted by molar-refractivity contribution is 6.00. The fraction of sp³-hybridized carbons (Fsp3) is 0.611. The van der Waals surface area contributed by atoms with Gasteiger partial charge < -0.3 is 4.90 Å². The monoisotopic (exact) mass is 286 g/mol. The molecule has 3 nitrogen and oxygen atoms in total. The zero-order chi connectivity index (χ0) is 14.8. The number of likely N-dealkylation sites (N-methyl/N-ethyl adjacent to an activating group) is 2. The first-order chi connectivity index (χ1) is 10.1. The molecule has 1 aliphatic heterocycles. The molecule has 3 rings (SSSR count). The molecule has 0 spiro atoms. The van der Waals surface area contributed by atoms with Crippen molar-refractivity contribution in [3.05, 3.63) is 35.4 Å². The van der Waals surface area contributed by atoms with Gasteiger partial charge in [0.2, 0.25) is 0 Å². The fourth-order valence-corrected chi connectivity index (χ4v) is 3.43. The van der Waals surface area contributed by atoms with Gasteiger partial charge in [0.15, 0.2) is 5.78 Å². The van der Waals surface area contributed by atoms with Crippen LogP contribution in [0.15, 0.2) is 24.3 Å². The number of Topliss-reactive ketones (excluding diaryl/α,β-unsaturated/α-hetero) is 1. The normalized spacial score (nSPS) is 25.3. The van der Waals surface area contributed by atoms with E-state index in [0.717, 1.165) is 31.6 Å². The van der Waals surface area contributed by atoms with E-state index in [1.165, 1.54) is 24.8 Å². The molecule has 1 heterocycles. The Morgan fingerprint density at radius 1 is 1.14 bits per heavy atom. The van der Waals surface area contributed by atoms with E-state index in [1.54, 1.807) is 0 Å². The molecule has 0 bridgehead atoms. The molecule has 1 aliphatic carbocycles. The number of hydrogen-bond donors (Lipinski definition) is 0. The third kappa shape index (κ3) is 3.19. The van der Waals surface area contributed by atoms with Gasteiger partial charge in [-0.3, -0.25) is 9.69 Å². The molecule has 1 unspecified atom stereocenters. The highest BCUT2D eigenvalue weighted by atomic mass is 16.1. The van der Waals surface area contributed by atoms with Crippen molar-refractivity contribution in [1.82, 2.24) is 9.80 Å². The topological polar surface area (TPSA) is 23.6 Å². The van der Waals surface area contributed by atoms with Crippen molar-refractivity contribution >= 4 is 5.78 Å². The van der Waals surface area contributed by atoms with E-state index < -0.39 is 0 Å². The molecule has 1 saturated heterocycles. The number of carbonyl (C=O) groups is 1. The van der Waals surface area contributed by atoms with Crippen LogP contribution in [-0.2, 0) is 0 Å². The Morgan fingerprint density at radius 3 is 2.67 bits per heavy atom. The molecule has 2 aliphatic rings. The third-order valence-corrected chi connectivity index (χ3v) is 5.12. The van der Waals surface area contributed by atoms with Gasteiger partial charge in [-0.05, 0) is 64.0 Å². The lowest BCUT2D eigenvalue weighted by molar-refractivity contribution is 0.0839. The molecule has 1 atom stereocenters. The van der Waals surface area contributed by atoms with Crippen LogP contribution in [0, 0.1) is 0 Å². The van der Waals surface area contributed by atoms with E-state index in [0.29, 0.717) is 5.92 Å². The van der Waals surface area contributed by atoms with Crippen molar-refractivity contribution < 1.29 is 4.79 Å². The fourth-order valence-electron chi connectivity index (χ4n) is 3.43. The van der Waals surface area contributed by atoms with Crippen LogP contribution in [0.25, 0.3) is 0 Å². The van der Waals surface area contributed by atoms with E-state index in [-0.39, 0.29) is 11.8 Å². The highest BCUT2D eigenvalue weighted by Gasteiger charge is 2.28. The van der Waals surface area contributed by atoms with Crippen molar-refractivity contribution in [1.29, 1.82) is 0 Å². The third-order valence-electron chi connectivity index (χ3n) is 5.12. The summed E-state index contributed by atoms with van der Waals surface area (Å²) in [5.41, 5.74) is 2.25. The van der Waals surface area contributed by atoms with Gasteiger partial charge in [0.1, 0.15) is 0 Å². The number of nitrogens with zero attached hydrogens (tertiary/aromatic N) is 2. The standard InChI is InChI=1S/C18H26N2O/c1-19-10-5-11-20(2)17(13-19)18(21)16-9-4-8-15(12-16)14-6-3-7-14/h4,8-9,12,14,17H,3,5-7,10-11,13H2,1-2H3. The largest absolute Gasteiger partial charge is 0.304 e. The highest BCUT2D eigenvalue weighted by Crippen LogP contribution is 2.36. The molecule has 0 amide bonds. The van der Waals surface area contributed by atoms with E-state index in [4.69, 9.17) is 0 Å². The van der Waals surface area contributed by atoms with Gasteiger partial charge in [0, 0.05) is 12.1 Å². The van der Waals surface area contributed by atoms with Crippen LogP contribution in [0.3, 0.4) is 0 Å². The lowest BCUT2D eigenvalue weighted by atomic mass is 9.79. The van der Waals surface area contributed by atoms with Crippen molar-refractivity contribution in [3.8, 4) is 0 Å². The van der Waals surface area contributed by atoms with Crippen LogP contribution < -0.4 is 0 Å². The SMILES string of the molecule is CN1CCCN(C)C(C(=O)c2cccc(C3CCC3)c2)C1. The maximum absolute atomic E-state index is 12.9. The number of benzene rings is 1. The molecule has 3 heteroatoms. The molecule has 0 N–H and O–H groups in total. The van der Waals surface area contributed by atoms with Gasteiger partial charge >= 0.3 is 0 Å². The molecular weight excluding hydrogens is 260 g/mol. The van der Waals surface area contributed by atoms with Gasteiger partial charge in [0.25, 0.3) is 0 Å². The Balaban J connectivity index is 1.79. The Labute approximate surface area is 127 Å². The van der Waals surface area contributed by atoms with Crippen LogP contribution >= 0.6 is 0 Å². The van der Waals surface area contributed by atoms with Crippen molar-refractivity contribution in [2.24, 2.45) is 0 Å².